The molecule has 0 aliphatic rings. The summed E-state index contributed by atoms with van der Waals surface area (Å²) in [6.07, 6.45) is 2.37. The van der Waals surface area contributed by atoms with Crippen LogP contribution in [0.25, 0.3) is 0 Å². The van der Waals surface area contributed by atoms with E-state index in [-0.39, 0.29) is 5.91 Å². The number of nitrogens with zero attached hydrogens (tertiary/aromatic N) is 3. The highest BCUT2D eigenvalue weighted by molar-refractivity contribution is 6.33. The fraction of sp³-hybridized carbons (Fsp3) is 0.600. The van der Waals surface area contributed by atoms with E-state index >= 15 is 0 Å². The van der Waals surface area contributed by atoms with Gasteiger partial charge in [0.2, 0.25) is 0 Å². The number of anilines is 1. The first-order valence-electron chi connectivity index (χ1n) is 7.46. The van der Waals surface area contributed by atoms with Gasteiger partial charge in [0.05, 0.1) is 10.6 Å². The number of nitrogens with two attached hydrogens (primary N) is 1. The van der Waals surface area contributed by atoms with Gasteiger partial charge >= 0.3 is 0 Å². The maximum Gasteiger partial charge on any atom is 0.255 e. The fourth-order valence-electron chi connectivity index (χ4n) is 2.22. The number of halogens is 1. The number of pyridine rings is 1. The molecule has 0 fully saturated rings. The summed E-state index contributed by atoms with van der Waals surface area (Å²) in [6.45, 7) is 10.7. The molecule has 0 radical (unpaired) electrons. The van der Waals surface area contributed by atoms with Crippen LogP contribution in [0.1, 0.15) is 37.6 Å². The predicted octanol–water partition coefficient (Wildman–Crippen LogP) is 2.51. The Labute approximate surface area is 132 Å². The highest BCUT2D eigenvalue weighted by Gasteiger charge is 2.17. The van der Waals surface area contributed by atoms with Crippen LogP contribution in [0.5, 0.6) is 0 Å². The van der Waals surface area contributed by atoms with Crippen LogP contribution >= 0.6 is 11.6 Å². The van der Waals surface area contributed by atoms with Gasteiger partial charge < -0.3 is 15.5 Å². The second kappa shape index (κ2) is 8.85. The van der Waals surface area contributed by atoms with E-state index in [1.54, 1.807) is 4.90 Å². The van der Waals surface area contributed by atoms with Gasteiger partial charge in [0.1, 0.15) is 5.82 Å². The van der Waals surface area contributed by atoms with E-state index in [9.17, 15) is 4.79 Å². The molecule has 0 saturated heterocycles. The lowest BCUT2D eigenvalue weighted by Gasteiger charge is -2.24. The quantitative estimate of drug-likeness (QED) is 0.801. The number of rotatable bonds is 8. The van der Waals surface area contributed by atoms with Crippen molar-refractivity contribution in [2.75, 3.05) is 38.5 Å². The zero-order valence-corrected chi connectivity index (χ0v) is 13.9. The van der Waals surface area contributed by atoms with Crippen molar-refractivity contribution in [1.29, 1.82) is 0 Å². The molecule has 1 aromatic rings. The maximum atomic E-state index is 12.5. The Hall–Kier alpha value is -1.33. The van der Waals surface area contributed by atoms with E-state index in [1.165, 1.54) is 12.3 Å². The number of nitrogen functional groups attached to an aromatic ring is 1. The molecule has 118 valence electrons. The van der Waals surface area contributed by atoms with Crippen LogP contribution in [0.4, 0.5) is 5.82 Å². The van der Waals surface area contributed by atoms with Crippen LogP contribution in [0, 0.1) is 0 Å². The minimum Gasteiger partial charge on any atom is -0.384 e. The van der Waals surface area contributed by atoms with Gasteiger partial charge in [-0.2, -0.15) is 0 Å². The second-order valence-electron chi connectivity index (χ2n) is 4.85. The molecular formula is C15H25ClN4O. The molecule has 1 heterocycles. The molecular weight excluding hydrogens is 288 g/mol. The number of carbonyl (C=O) groups excluding carboxylic acids is 1. The standard InChI is InChI=1S/C15H25ClN4O/c1-4-19(5-2)8-7-9-20(6-3)15(21)12-10-14(17)18-11-13(12)16/h10-11H,4-9H2,1-3H3,(H2,17,18). The van der Waals surface area contributed by atoms with Crippen molar-refractivity contribution < 1.29 is 4.79 Å². The lowest BCUT2D eigenvalue weighted by atomic mass is 10.2. The van der Waals surface area contributed by atoms with Gasteiger partial charge in [-0.1, -0.05) is 25.4 Å². The maximum absolute atomic E-state index is 12.5. The van der Waals surface area contributed by atoms with Crippen LogP contribution in [0.3, 0.4) is 0 Å². The number of hydrogen-bond donors (Lipinski definition) is 1. The lowest BCUT2D eigenvalue weighted by molar-refractivity contribution is 0.0757. The van der Waals surface area contributed by atoms with E-state index < -0.39 is 0 Å². The summed E-state index contributed by atoms with van der Waals surface area (Å²) < 4.78 is 0. The molecule has 0 unspecified atom stereocenters. The molecule has 21 heavy (non-hydrogen) atoms. The third kappa shape index (κ3) is 5.17. The Morgan fingerprint density at radius 2 is 1.90 bits per heavy atom. The van der Waals surface area contributed by atoms with Crippen molar-refractivity contribution in [3.8, 4) is 0 Å². The molecule has 0 aliphatic heterocycles. The van der Waals surface area contributed by atoms with E-state index in [1.807, 2.05) is 6.92 Å². The first kappa shape index (κ1) is 17.7. The van der Waals surface area contributed by atoms with Gasteiger partial charge in [-0.15, -0.1) is 0 Å². The summed E-state index contributed by atoms with van der Waals surface area (Å²) >= 11 is 6.05. The number of aromatic nitrogens is 1. The molecule has 0 bridgehead atoms. The average Bonchev–Trinajstić information content (AvgIpc) is 2.49. The number of carbonyl (C=O) groups is 1. The molecule has 0 saturated carbocycles. The minimum absolute atomic E-state index is 0.0869. The molecule has 1 rings (SSSR count). The van der Waals surface area contributed by atoms with Crippen molar-refractivity contribution in [3.05, 3.63) is 22.8 Å². The van der Waals surface area contributed by atoms with Crippen LogP contribution in [0.15, 0.2) is 12.3 Å². The van der Waals surface area contributed by atoms with E-state index in [4.69, 9.17) is 17.3 Å². The second-order valence-corrected chi connectivity index (χ2v) is 5.26. The summed E-state index contributed by atoms with van der Waals surface area (Å²) in [6, 6.07) is 1.54. The zero-order valence-electron chi connectivity index (χ0n) is 13.1. The Balaban J connectivity index is 2.67. The Bertz CT molecular complexity index is 463. The molecule has 6 heteroatoms. The topological polar surface area (TPSA) is 62.5 Å². The summed E-state index contributed by atoms with van der Waals surface area (Å²) in [5.41, 5.74) is 6.06. The number of amides is 1. The van der Waals surface area contributed by atoms with E-state index in [0.717, 1.165) is 26.1 Å². The highest BCUT2D eigenvalue weighted by Crippen LogP contribution is 2.18. The predicted molar refractivity (Wildman–Crippen MR) is 87.6 cm³/mol. The molecule has 0 aliphatic carbocycles. The van der Waals surface area contributed by atoms with Gasteiger partial charge in [-0.05, 0) is 39.0 Å². The van der Waals surface area contributed by atoms with Crippen LogP contribution in [-0.4, -0.2) is 53.4 Å². The van der Waals surface area contributed by atoms with Crippen molar-refractivity contribution in [2.45, 2.75) is 27.2 Å². The Morgan fingerprint density at radius 1 is 1.24 bits per heavy atom. The van der Waals surface area contributed by atoms with Gasteiger partial charge in [0.15, 0.2) is 0 Å². The SMILES string of the molecule is CCN(CC)CCCN(CC)C(=O)c1cc(N)ncc1Cl. The van der Waals surface area contributed by atoms with Crippen molar-refractivity contribution in [2.24, 2.45) is 0 Å². The van der Waals surface area contributed by atoms with E-state index in [0.29, 0.717) is 29.5 Å². The summed E-state index contributed by atoms with van der Waals surface area (Å²) in [5.74, 6) is 0.220. The highest BCUT2D eigenvalue weighted by atomic mass is 35.5. The smallest absolute Gasteiger partial charge is 0.255 e. The van der Waals surface area contributed by atoms with Gasteiger partial charge in [-0.3, -0.25) is 4.79 Å². The molecule has 1 aromatic heterocycles. The van der Waals surface area contributed by atoms with Crippen molar-refractivity contribution >= 4 is 23.3 Å². The zero-order chi connectivity index (χ0) is 15.8. The first-order chi connectivity index (χ1) is 10.0. The molecule has 5 nitrogen and oxygen atoms in total. The Morgan fingerprint density at radius 3 is 2.48 bits per heavy atom. The molecule has 0 aromatic carbocycles. The number of hydrogen-bond acceptors (Lipinski definition) is 4. The van der Waals surface area contributed by atoms with E-state index in [2.05, 4.69) is 23.7 Å². The van der Waals surface area contributed by atoms with Crippen molar-refractivity contribution in [3.63, 3.8) is 0 Å². The Kier molecular flexibility index (Phi) is 7.47. The largest absolute Gasteiger partial charge is 0.384 e. The fourth-order valence-corrected chi connectivity index (χ4v) is 2.40. The minimum atomic E-state index is -0.0869. The van der Waals surface area contributed by atoms with Gasteiger partial charge in [-0.25, -0.2) is 4.98 Å². The lowest BCUT2D eigenvalue weighted by Crippen LogP contribution is -2.34. The monoisotopic (exact) mass is 312 g/mol. The third-order valence-electron chi connectivity index (χ3n) is 3.57. The summed E-state index contributed by atoms with van der Waals surface area (Å²) in [7, 11) is 0. The third-order valence-corrected chi connectivity index (χ3v) is 3.87. The summed E-state index contributed by atoms with van der Waals surface area (Å²) in [5, 5.41) is 0.344. The van der Waals surface area contributed by atoms with Crippen molar-refractivity contribution in [1.82, 2.24) is 14.8 Å². The first-order valence-corrected chi connectivity index (χ1v) is 7.83. The molecule has 1 amide bonds. The average molecular weight is 313 g/mol. The van der Waals surface area contributed by atoms with Gasteiger partial charge in [0, 0.05) is 19.3 Å². The molecule has 0 spiro atoms. The molecule has 0 atom stereocenters. The van der Waals surface area contributed by atoms with Gasteiger partial charge in [0.25, 0.3) is 5.91 Å². The van der Waals surface area contributed by atoms with Crippen LogP contribution in [0.2, 0.25) is 5.02 Å². The summed E-state index contributed by atoms with van der Waals surface area (Å²) in [4.78, 5) is 20.5. The van der Waals surface area contributed by atoms with Crippen LogP contribution < -0.4 is 5.73 Å². The normalized spacial score (nSPS) is 10.9. The van der Waals surface area contributed by atoms with Crippen LogP contribution in [-0.2, 0) is 0 Å². The molecule has 2 N–H and O–H groups in total.